The number of carbonyl (C=O) groups excluding carboxylic acids is 2. The lowest BCUT2D eigenvalue weighted by atomic mass is 10.1. The lowest BCUT2D eigenvalue weighted by Gasteiger charge is -2.09. The van der Waals surface area contributed by atoms with Gasteiger partial charge in [-0.05, 0) is 44.4 Å². The molecule has 1 aromatic carbocycles. The highest BCUT2D eigenvalue weighted by Gasteiger charge is 2.11. The van der Waals surface area contributed by atoms with Crippen LogP contribution >= 0.6 is 0 Å². The molecule has 0 heterocycles. The Morgan fingerprint density at radius 2 is 1.65 bits per heavy atom. The maximum Gasteiger partial charge on any atom is 0.309 e. The zero-order valence-corrected chi connectivity index (χ0v) is 14.1. The Bertz CT molecular complexity index is 486. The minimum absolute atomic E-state index is 0.173. The molecule has 2 N–H and O–H groups in total. The van der Waals surface area contributed by atoms with Gasteiger partial charge in [0.05, 0.1) is 13.2 Å². The molecule has 0 fully saturated rings. The van der Waals surface area contributed by atoms with E-state index in [0.717, 1.165) is 11.3 Å². The van der Waals surface area contributed by atoms with Gasteiger partial charge in [0.15, 0.2) is 0 Å². The molecule has 0 radical (unpaired) electrons. The third kappa shape index (κ3) is 8.21. The van der Waals surface area contributed by atoms with Gasteiger partial charge in [0.1, 0.15) is 5.75 Å². The molecule has 0 bridgehead atoms. The Morgan fingerprint density at radius 1 is 1.04 bits per heavy atom. The van der Waals surface area contributed by atoms with Crippen molar-refractivity contribution < 1.29 is 19.1 Å². The summed E-state index contributed by atoms with van der Waals surface area (Å²) in [4.78, 5) is 23.2. The van der Waals surface area contributed by atoms with Crippen LogP contribution in [0.25, 0.3) is 0 Å². The number of ether oxygens (including phenoxy) is 2. The molecular formula is C17H26N2O4. The summed E-state index contributed by atoms with van der Waals surface area (Å²) in [6.45, 7) is 5.31. The van der Waals surface area contributed by atoms with E-state index in [4.69, 9.17) is 9.47 Å². The average molecular weight is 322 g/mol. The third-order valence-electron chi connectivity index (χ3n) is 3.12. The molecule has 0 spiro atoms. The van der Waals surface area contributed by atoms with E-state index in [1.54, 1.807) is 7.11 Å². The molecule has 0 aliphatic rings. The summed E-state index contributed by atoms with van der Waals surface area (Å²) in [5.41, 5.74) is 1.07. The van der Waals surface area contributed by atoms with Gasteiger partial charge in [-0.3, -0.25) is 9.59 Å². The molecular weight excluding hydrogens is 296 g/mol. The average Bonchev–Trinajstić information content (AvgIpc) is 2.54. The zero-order valence-electron chi connectivity index (χ0n) is 14.1. The van der Waals surface area contributed by atoms with Crippen LogP contribution in [-0.2, 0) is 20.7 Å². The van der Waals surface area contributed by atoms with Crippen molar-refractivity contribution >= 4 is 11.8 Å². The zero-order chi connectivity index (χ0) is 17.1. The number of hydrogen-bond donors (Lipinski definition) is 2. The number of carbonyl (C=O) groups is 2. The lowest BCUT2D eigenvalue weighted by molar-refractivity contribution is -0.139. The summed E-state index contributed by atoms with van der Waals surface area (Å²) in [5.74, 6) is -0.425. The van der Waals surface area contributed by atoms with Gasteiger partial charge in [-0.15, -0.1) is 0 Å². The van der Waals surface area contributed by atoms with Gasteiger partial charge in [0.25, 0.3) is 0 Å². The number of benzene rings is 1. The summed E-state index contributed by atoms with van der Waals surface area (Å²) < 4.78 is 10.4. The molecule has 6 nitrogen and oxygen atoms in total. The van der Waals surface area contributed by atoms with Crippen LogP contribution < -0.4 is 15.4 Å². The van der Waals surface area contributed by atoms with Crippen LogP contribution in [-0.4, -0.2) is 44.7 Å². The van der Waals surface area contributed by atoms with Crippen LogP contribution in [0.3, 0.4) is 0 Å². The SMILES string of the molecule is COc1ccc(CCNC(=O)C(=O)NCCCOC(C)C)cc1. The maximum atomic E-state index is 11.6. The van der Waals surface area contributed by atoms with Crippen LogP contribution in [0.2, 0.25) is 0 Å². The van der Waals surface area contributed by atoms with Crippen molar-refractivity contribution in [3.63, 3.8) is 0 Å². The van der Waals surface area contributed by atoms with Crippen LogP contribution in [0.5, 0.6) is 5.75 Å². The monoisotopic (exact) mass is 322 g/mol. The largest absolute Gasteiger partial charge is 0.497 e. The van der Waals surface area contributed by atoms with Crippen LogP contribution in [0.15, 0.2) is 24.3 Å². The fraction of sp³-hybridized carbons (Fsp3) is 0.529. The predicted molar refractivity (Wildman–Crippen MR) is 88.4 cm³/mol. The minimum Gasteiger partial charge on any atom is -0.497 e. The topological polar surface area (TPSA) is 76.7 Å². The number of hydrogen-bond acceptors (Lipinski definition) is 4. The second-order valence-corrected chi connectivity index (χ2v) is 5.38. The Morgan fingerprint density at radius 3 is 2.22 bits per heavy atom. The lowest BCUT2D eigenvalue weighted by Crippen LogP contribution is -2.41. The number of methoxy groups -OCH3 is 1. The summed E-state index contributed by atoms with van der Waals surface area (Å²) in [6.07, 6.45) is 1.51. The van der Waals surface area contributed by atoms with Crippen molar-refractivity contribution in [3.8, 4) is 5.75 Å². The maximum absolute atomic E-state index is 11.6. The summed E-state index contributed by atoms with van der Waals surface area (Å²) in [7, 11) is 1.61. The van der Waals surface area contributed by atoms with Crippen molar-refractivity contribution in [2.24, 2.45) is 0 Å². The highest BCUT2D eigenvalue weighted by molar-refractivity contribution is 6.35. The van der Waals surface area contributed by atoms with Crippen molar-refractivity contribution in [2.45, 2.75) is 32.8 Å². The van der Waals surface area contributed by atoms with Crippen LogP contribution in [0, 0.1) is 0 Å². The highest BCUT2D eigenvalue weighted by Crippen LogP contribution is 2.11. The molecule has 0 unspecified atom stereocenters. The first kappa shape index (κ1) is 19.0. The van der Waals surface area contributed by atoms with Gasteiger partial charge in [-0.25, -0.2) is 0 Å². The number of amides is 2. The fourth-order valence-corrected chi connectivity index (χ4v) is 1.87. The first-order valence-corrected chi connectivity index (χ1v) is 7.83. The molecule has 0 aliphatic heterocycles. The number of nitrogens with one attached hydrogen (secondary N) is 2. The standard InChI is InChI=1S/C17H26N2O4/c1-13(2)23-12-4-10-18-16(20)17(21)19-11-9-14-5-7-15(22-3)8-6-14/h5-8,13H,4,9-12H2,1-3H3,(H,18,20)(H,19,21). The second kappa shape index (κ2) is 10.6. The first-order valence-electron chi connectivity index (χ1n) is 7.83. The molecule has 0 atom stereocenters. The highest BCUT2D eigenvalue weighted by atomic mass is 16.5. The molecule has 6 heteroatoms. The predicted octanol–water partition coefficient (Wildman–Crippen LogP) is 1.29. The molecule has 0 aromatic heterocycles. The minimum atomic E-state index is -0.608. The Balaban J connectivity index is 2.15. The van der Waals surface area contributed by atoms with E-state index >= 15 is 0 Å². The second-order valence-electron chi connectivity index (χ2n) is 5.38. The van der Waals surface area contributed by atoms with Gasteiger partial charge < -0.3 is 20.1 Å². The van der Waals surface area contributed by atoms with Crippen molar-refractivity contribution in [2.75, 3.05) is 26.8 Å². The van der Waals surface area contributed by atoms with E-state index in [1.165, 1.54) is 0 Å². The molecule has 0 saturated carbocycles. The van der Waals surface area contributed by atoms with Crippen LogP contribution in [0.1, 0.15) is 25.8 Å². The van der Waals surface area contributed by atoms with E-state index in [-0.39, 0.29) is 6.10 Å². The molecule has 1 rings (SSSR count). The molecule has 128 valence electrons. The van der Waals surface area contributed by atoms with E-state index in [0.29, 0.717) is 32.5 Å². The van der Waals surface area contributed by atoms with Crippen molar-refractivity contribution in [1.29, 1.82) is 0 Å². The van der Waals surface area contributed by atoms with E-state index in [2.05, 4.69) is 10.6 Å². The molecule has 2 amide bonds. The first-order chi connectivity index (χ1) is 11.0. The van der Waals surface area contributed by atoms with Crippen molar-refractivity contribution in [3.05, 3.63) is 29.8 Å². The van der Waals surface area contributed by atoms with Crippen LogP contribution in [0.4, 0.5) is 0 Å². The summed E-state index contributed by atoms with van der Waals surface area (Å²) in [6, 6.07) is 7.59. The Hall–Kier alpha value is -2.08. The molecule has 23 heavy (non-hydrogen) atoms. The van der Waals surface area contributed by atoms with E-state index in [1.807, 2.05) is 38.1 Å². The molecule has 1 aromatic rings. The normalized spacial score (nSPS) is 10.4. The van der Waals surface area contributed by atoms with Gasteiger partial charge in [-0.1, -0.05) is 12.1 Å². The molecule has 0 aliphatic carbocycles. The Kier molecular flexibility index (Phi) is 8.75. The van der Waals surface area contributed by atoms with Gasteiger partial charge in [0, 0.05) is 19.7 Å². The van der Waals surface area contributed by atoms with Gasteiger partial charge >= 0.3 is 11.8 Å². The summed E-state index contributed by atoms with van der Waals surface area (Å²) >= 11 is 0. The Labute approximate surface area is 137 Å². The smallest absolute Gasteiger partial charge is 0.309 e. The van der Waals surface area contributed by atoms with E-state index in [9.17, 15) is 9.59 Å². The van der Waals surface area contributed by atoms with E-state index < -0.39 is 11.8 Å². The van der Waals surface area contributed by atoms with Gasteiger partial charge in [0.2, 0.25) is 0 Å². The summed E-state index contributed by atoms with van der Waals surface area (Å²) in [5, 5.41) is 5.18. The third-order valence-corrected chi connectivity index (χ3v) is 3.12. The fourth-order valence-electron chi connectivity index (χ4n) is 1.87. The quantitative estimate of drug-likeness (QED) is 0.530. The molecule has 0 saturated heterocycles. The van der Waals surface area contributed by atoms with Gasteiger partial charge in [-0.2, -0.15) is 0 Å². The number of rotatable bonds is 9. The van der Waals surface area contributed by atoms with Crippen molar-refractivity contribution in [1.82, 2.24) is 10.6 Å².